The zero-order valence-corrected chi connectivity index (χ0v) is 17.1. The molecule has 0 spiro atoms. The van der Waals surface area contributed by atoms with E-state index in [0.29, 0.717) is 39.9 Å². The maximum absolute atomic E-state index is 12.3. The second kappa shape index (κ2) is 9.47. The molecule has 7 heteroatoms. The van der Waals surface area contributed by atoms with Gasteiger partial charge in [0.15, 0.2) is 11.5 Å². The van der Waals surface area contributed by atoms with Crippen LogP contribution in [0.25, 0.3) is 6.08 Å². The van der Waals surface area contributed by atoms with Gasteiger partial charge in [-0.3, -0.25) is 9.59 Å². The lowest BCUT2D eigenvalue weighted by Crippen LogP contribution is -2.25. The fourth-order valence-corrected chi connectivity index (χ4v) is 3.03. The minimum atomic E-state index is -0.324. The van der Waals surface area contributed by atoms with Gasteiger partial charge in [0.2, 0.25) is 5.91 Å². The maximum Gasteiger partial charge on any atom is 0.251 e. The third-order valence-corrected chi connectivity index (χ3v) is 4.55. The van der Waals surface area contributed by atoms with Crippen LogP contribution in [-0.4, -0.2) is 31.6 Å². The highest BCUT2D eigenvalue weighted by molar-refractivity contribution is 6.32. The molecular weight excluding hydrogens is 392 g/mol. The number of hydrogen-bond acceptors (Lipinski definition) is 4. The van der Waals surface area contributed by atoms with E-state index in [-0.39, 0.29) is 17.9 Å². The van der Waals surface area contributed by atoms with Gasteiger partial charge in [-0.2, -0.15) is 0 Å². The first kappa shape index (κ1) is 20.7. The zero-order chi connectivity index (χ0) is 20.8. The van der Waals surface area contributed by atoms with E-state index in [0.717, 1.165) is 12.8 Å². The second-order valence-corrected chi connectivity index (χ2v) is 7.03. The molecule has 3 rings (SSSR count). The molecule has 1 saturated carbocycles. The van der Waals surface area contributed by atoms with Gasteiger partial charge in [0.1, 0.15) is 0 Å². The average molecular weight is 415 g/mol. The first-order chi connectivity index (χ1) is 14.0. The molecule has 2 aromatic carbocycles. The largest absolute Gasteiger partial charge is 0.491 e. The van der Waals surface area contributed by atoms with Crippen LogP contribution < -0.4 is 20.1 Å². The molecule has 1 aliphatic rings. The number of methoxy groups -OCH3 is 1. The van der Waals surface area contributed by atoms with Crippen LogP contribution in [0.15, 0.2) is 42.5 Å². The molecule has 0 atom stereocenters. The number of anilines is 1. The maximum atomic E-state index is 12.3. The smallest absolute Gasteiger partial charge is 0.251 e. The molecule has 2 amide bonds. The van der Waals surface area contributed by atoms with E-state index in [4.69, 9.17) is 21.1 Å². The molecule has 29 heavy (non-hydrogen) atoms. The van der Waals surface area contributed by atoms with Gasteiger partial charge in [-0.25, -0.2) is 0 Å². The lowest BCUT2D eigenvalue weighted by molar-refractivity contribution is -0.111. The van der Waals surface area contributed by atoms with Crippen LogP contribution >= 0.6 is 11.6 Å². The third-order valence-electron chi connectivity index (χ3n) is 4.27. The highest BCUT2D eigenvalue weighted by atomic mass is 35.5. The van der Waals surface area contributed by atoms with Gasteiger partial charge in [0.25, 0.3) is 5.91 Å². The number of carbonyl (C=O) groups is 2. The monoisotopic (exact) mass is 414 g/mol. The molecular formula is C22H23ClN2O4. The Morgan fingerprint density at radius 1 is 1.24 bits per heavy atom. The number of amides is 2. The lowest BCUT2D eigenvalue weighted by Gasteiger charge is -2.11. The third kappa shape index (κ3) is 5.74. The molecule has 0 unspecified atom stereocenters. The van der Waals surface area contributed by atoms with Crippen molar-refractivity contribution in [3.63, 3.8) is 0 Å². The number of rotatable bonds is 8. The van der Waals surface area contributed by atoms with E-state index in [1.807, 2.05) is 6.92 Å². The SMILES string of the molecule is CCOc1cc(/C=C/C(=O)Nc2cccc(C(=O)NC3CC3)c2)cc(Cl)c1OC. The number of carbonyl (C=O) groups excluding carboxylic acids is 2. The van der Waals surface area contributed by atoms with Crippen LogP contribution in [0.3, 0.4) is 0 Å². The van der Waals surface area contributed by atoms with Crippen molar-refractivity contribution >= 4 is 35.2 Å². The summed E-state index contributed by atoms with van der Waals surface area (Å²) in [6.07, 6.45) is 5.07. The summed E-state index contributed by atoms with van der Waals surface area (Å²) in [7, 11) is 1.52. The molecule has 0 bridgehead atoms. The summed E-state index contributed by atoms with van der Waals surface area (Å²) in [6.45, 7) is 2.33. The molecule has 0 saturated heterocycles. The van der Waals surface area contributed by atoms with Crippen molar-refractivity contribution in [3.05, 3.63) is 58.6 Å². The van der Waals surface area contributed by atoms with Crippen molar-refractivity contribution < 1.29 is 19.1 Å². The fraction of sp³-hybridized carbons (Fsp3) is 0.273. The van der Waals surface area contributed by atoms with Crippen LogP contribution in [0, 0.1) is 0 Å². The normalized spacial score (nSPS) is 13.2. The number of ether oxygens (including phenoxy) is 2. The van der Waals surface area contributed by atoms with Crippen molar-refractivity contribution in [2.75, 3.05) is 19.0 Å². The van der Waals surface area contributed by atoms with E-state index in [9.17, 15) is 9.59 Å². The van der Waals surface area contributed by atoms with Crippen molar-refractivity contribution in [2.24, 2.45) is 0 Å². The zero-order valence-electron chi connectivity index (χ0n) is 16.3. The van der Waals surface area contributed by atoms with Crippen LogP contribution in [-0.2, 0) is 4.79 Å². The summed E-state index contributed by atoms with van der Waals surface area (Å²) in [5.41, 5.74) is 1.76. The average Bonchev–Trinajstić information content (AvgIpc) is 3.51. The molecule has 1 fully saturated rings. The topological polar surface area (TPSA) is 76.7 Å². The molecule has 0 aromatic heterocycles. The standard InChI is InChI=1S/C22H23ClN2O4/c1-3-29-19-12-14(11-18(23)21(19)28-2)7-10-20(26)24-17-6-4-5-15(13-17)22(27)25-16-8-9-16/h4-7,10-13,16H,3,8-9H2,1-2H3,(H,24,26)(H,25,27)/b10-7+. The quantitative estimate of drug-likeness (QED) is 0.632. The summed E-state index contributed by atoms with van der Waals surface area (Å²) < 4.78 is 10.8. The minimum absolute atomic E-state index is 0.129. The molecule has 1 aliphatic carbocycles. The van der Waals surface area contributed by atoms with Crippen LogP contribution in [0.1, 0.15) is 35.7 Å². The fourth-order valence-electron chi connectivity index (χ4n) is 2.74. The van der Waals surface area contributed by atoms with Crippen LogP contribution in [0.4, 0.5) is 5.69 Å². The van der Waals surface area contributed by atoms with Gasteiger partial charge in [0.05, 0.1) is 18.7 Å². The highest BCUT2D eigenvalue weighted by Crippen LogP contribution is 2.36. The van der Waals surface area contributed by atoms with Crippen molar-refractivity contribution in [1.82, 2.24) is 5.32 Å². The highest BCUT2D eigenvalue weighted by Gasteiger charge is 2.23. The van der Waals surface area contributed by atoms with Gasteiger partial charge in [-0.15, -0.1) is 0 Å². The summed E-state index contributed by atoms with van der Waals surface area (Å²) in [4.78, 5) is 24.4. The Labute approximate surface area is 174 Å². The number of benzene rings is 2. The van der Waals surface area contributed by atoms with E-state index in [1.54, 1.807) is 42.5 Å². The predicted molar refractivity (Wildman–Crippen MR) is 114 cm³/mol. The minimum Gasteiger partial charge on any atom is -0.491 e. The Bertz CT molecular complexity index is 938. The Morgan fingerprint density at radius 3 is 2.72 bits per heavy atom. The van der Waals surface area contributed by atoms with Crippen LogP contribution in [0.2, 0.25) is 5.02 Å². The van der Waals surface area contributed by atoms with Crippen LogP contribution in [0.5, 0.6) is 11.5 Å². The Morgan fingerprint density at radius 2 is 2.03 bits per heavy atom. The first-order valence-corrected chi connectivity index (χ1v) is 9.78. The molecule has 2 aromatic rings. The summed E-state index contributed by atoms with van der Waals surface area (Å²) in [5, 5.41) is 6.08. The van der Waals surface area contributed by atoms with E-state index >= 15 is 0 Å². The van der Waals surface area contributed by atoms with Crippen molar-refractivity contribution in [2.45, 2.75) is 25.8 Å². The summed E-state index contributed by atoms with van der Waals surface area (Å²) in [5.74, 6) is 0.512. The summed E-state index contributed by atoms with van der Waals surface area (Å²) >= 11 is 6.23. The summed E-state index contributed by atoms with van der Waals surface area (Å²) in [6, 6.07) is 10.6. The van der Waals surface area contributed by atoms with Gasteiger partial charge < -0.3 is 20.1 Å². The van der Waals surface area contributed by atoms with Gasteiger partial charge >= 0.3 is 0 Å². The van der Waals surface area contributed by atoms with Gasteiger partial charge in [0, 0.05) is 23.4 Å². The van der Waals surface area contributed by atoms with E-state index in [2.05, 4.69) is 10.6 Å². The first-order valence-electron chi connectivity index (χ1n) is 9.40. The lowest BCUT2D eigenvalue weighted by atomic mass is 10.1. The van der Waals surface area contributed by atoms with Gasteiger partial charge in [-0.05, 0) is 61.7 Å². The molecule has 0 radical (unpaired) electrons. The van der Waals surface area contributed by atoms with E-state index in [1.165, 1.54) is 13.2 Å². The van der Waals surface area contributed by atoms with E-state index < -0.39 is 0 Å². The number of hydrogen-bond donors (Lipinski definition) is 2. The molecule has 0 heterocycles. The second-order valence-electron chi connectivity index (χ2n) is 6.62. The Hall–Kier alpha value is -2.99. The van der Waals surface area contributed by atoms with Crippen molar-refractivity contribution in [1.29, 1.82) is 0 Å². The molecule has 6 nitrogen and oxygen atoms in total. The van der Waals surface area contributed by atoms with Gasteiger partial charge in [-0.1, -0.05) is 17.7 Å². The number of halogens is 1. The molecule has 2 N–H and O–H groups in total. The molecule has 152 valence electrons. The molecule has 0 aliphatic heterocycles. The Balaban J connectivity index is 1.67. The number of nitrogens with one attached hydrogen (secondary N) is 2. The Kier molecular flexibility index (Phi) is 6.77. The predicted octanol–water partition coefficient (Wildman–Crippen LogP) is 4.29. The van der Waals surface area contributed by atoms with Crippen molar-refractivity contribution in [3.8, 4) is 11.5 Å².